The first kappa shape index (κ1) is 8.77. The van der Waals surface area contributed by atoms with Crippen LogP contribution in [0.1, 0.15) is 18.4 Å². The molecule has 0 atom stereocenters. The van der Waals surface area contributed by atoms with E-state index in [1.807, 2.05) is 11.5 Å². The number of nitrogens with two attached hydrogens (primary N) is 1. The topological polar surface area (TPSA) is 56.2 Å². The summed E-state index contributed by atoms with van der Waals surface area (Å²) in [4.78, 5) is 8.06. The SMILES string of the molecule is CCn1c(C)cnc1C(N)=NC. The minimum absolute atomic E-state index is 0.491. The fraction of sp³-hybridized carbons (Fsp3) is 0.500. The number of hydrogen-bond donors (Lipinski definition) is 1. The van der Waals surface area contributed by atoms with Gasteiger partial charge in [0.1, 0.15) is 0 Å². The van der Waals surface area contributed by atoms with E-state index in [4.69, 9.17) is 5.73 Å². The fourth-order valence-electron chi connectivity index (χ4n) is 1.16. The summed E-state index contributed by atoms with van der Waals surface area (Å²) in [6.07, 6.45) is 1.80. The van der Waals surface area contributed by atoms with Gasteiger partial charge in [-0.2, -0.15) is 0 Å². The quantitative estimate of drug-likeness (QED) is 0.515. The molecule has 66 valence electrons. The number of aromatic nitrogens is 2. The molecule has 4 nitrogen and oxygen atoms in total. The van der Waals surface area contributed by atoms with Crippen molar-refractivity contribution in [3.63, 3.8) is 0 Å². The number of rotatable bonds is 2. The van der Waals surface area contributed by atoms with Gasteiger partial charge in [0.2, 0.25) is 0 Å². The molecular weight excluding hydrogens is 152 g/mol. The van der Waals surface area contributed by atoms with Crippen molar-refractivity contribution in [1.29, 1.82) is 0 Å². The Bertz CT molecular complexity index is 298. The summed E-state index contributed by atoms with van der Waals surface area (Å²) in [5.74, 6) is 1.25. The van der Waals surface area contributed by atoms with Crippen molar-refractivity contribution in [3.05, 3.63) is 17.7 Å². The van der Waals surface area contributed by atoms with E-state index in [0.29, 0.717) is 5.84 Å². The van der Waals surface area contributed by atoms with Crippen LogP contribution in [0.2, 0.25) is 0 Å². The van der Waals surface area contributed by atoms with Gasteiger partial charge >= 0.3 is 0 Å². The van der Waals surface area contributed by atoms with Crippen LogP contribution < -0.4 is 5.73 Å². The lowest BCUT2D eigenvalue weighted by Gasteiger charge is -2.04. The maximum atomic E-state index is 5.65. The number of amidine groups is 1. The molecule has 12 heavy (non-hydrogen) atoms. The molecule has 1 heterocycles. The van der Waals surface area contributed by atoms with Gasteiger partial charge in [-0.15, -0.1) is 0 Å². The van der Waals surface area contributed by atoms with E-state index in [1.165, 1.54) is 0 Å². The van der Waals surface area contributed by atoms with Crippen LogP contribution in [0.25, 0.3) is 0 Å². The molecule has 0 amide bonds. The van der Waals surface area contributed by atoms with Crippen LogP contribution in [0.5, 0.6) is 0 Å². The standard InChI is InChI=1S/C8H14N4/c1-4-12-6(2)5-11-8(12)7(9)10-3/h5H,4H2,1-3H3,(H2,9,10). The summed E-state index contributed by atoms with van der Waals surface area (Å²) in [6.45, 7) is 4.93. The Balaban J connectivity index is 3.16. The second kappa shape index (κ2) is 3.38. The minimum Gasteiger partial charge on any atom is -0.381 e. The van der Waals surface area contributed by atoms with E-state index in [-0.39, 0.29) is 0 Å². The zero-order chi connectivity index (χ0) is 9.14. The van der Waals surface area contributed by atoms with Crippen molar-refractivity contribution in [2.24, 2.45) is 10.7 Å². The van der Waals surface area contributed by atoms with E-state index in [2.05, 4.69) is 16.9 Å². The van der Waals surface area contributed by atoms with Crippen LogP contribution in [0.3, 0.4) is 0 Å². The number of aliphatic imine (C=N–C) groups is 1. The highest BCUT2D eigenvalue weighted by molar-refractivity contribution is 5.94. The summed E-state index contributed by atoms with van der Waals surface area (Å²) in [7, 11) is 1.67. The smallest absolute Gasteiger partial charge is 0.175 e. The van der Waals surface area contributed by atoms with E-state index >= 15 is 0 Å². The van der Waals surface area contributed by atoms with Gasteiger partial charge in [0.05, 0.1) is 0 Å². The molecule has 0 bridgehead atoms. The highest BCUT2D eigenvalue weighted by Crippen LogP contribution is 2.03. The molecule has 0 aliphatic carbocycles. The van der Waals surface area contributed by atoms with Crippen molar-refractivity contribution in [1.82, 2.24) is 9.55 Å². The van der Waals surface area contributed by atoms with Crippen molar-refractivity contribution in [3.8, 4) is 0 Å². The van der Waals surface area contributed by atoms with Gasteiger partial charge in [0, 0.05) is 25.5 Å². The van der Waals surface area contributed by atoms with E-state index in [0.717, 1.165) is 18.1 Å². The highest BCUT2D eigenvalue weighted by atomic mass is 15.1. The second-order valence-corrected chi connectivity index (χ2v) is 2.58. The van der Waals surface area contributed by atoms with Gasteiger partial charge in [-0.1, -0.05) is 0 Å². The predicted octanol–water partition coefficient (Wildman–Crippen LogP) is 0.547. The average Bonchev–Trinajstić information content (AvgIpc) is 2.45. The molecule has 1 aromatic rings. The Hall–Kier alpha value is -1.32. The normalized spacial score (nSPS) is 12.1. The summed E-state index contributed by atoms with van der Waals surface area (Å²) >= 11 is 0. The molecule has 4 heteroatoms. The van der Waals surface area contributed by atoms with E-state index in [1.54, 1.807) is 13.2 Å². The van der Waals surface area contributed by atoms with Crippen molar-refractivity contribution in [2.75, 3.05) is 7.05 Å². The molecule has 0 saturated heterocycles. The number of aryl methyl sites for hydroxylation is 1. The monoisotopic (exact) mass is 166 g/mol. The second-order valence-electron chi connectivity index (χ2n) is 2.58. The minimum atomic E-state index is 0.491. The molecule has 0 aromatic carbocycles. The van der Waals surface area contributed by atoms with Gasteiger partial charge in [0.15, 0.2) is 11.7 Å². The lowest BCUT2D eigenvalue weighted by Crippen LogP contribution is -2.19. The fourth-order valence-corrected chi connectivity index (χ4v) is 1.16. The Morgan fingerprint density at radius 1 is 1.75 bits per heavy atom. The zero-order valence-corrected chi connectivity index (χ0v) is 7.70. The third kappa shape index (κ3) is 1.32. The van der Waals surface area contributed by atoms with Crippen LogP contribution in [0.15, 0.2) is 11.2 Å². The van der Waals surface area contributed by atoms with Gasteiger partial charge in [-0.25, -0.2) is 4.98 Å². The van der Waals surface area contributed by atoms with Crippen molar-refractivity contribution < 1.29 is 0 Å². The number of hydrogen-bond acceptors (Lipinski definition) is 2. The van der Waals surface area contributed by atoms with Gasteiger partial charge < -0.3 is 10.3 Å². The molecular formula is C8H14N4. The lowest BCUT2D eigenvalue weighted by atomic mass is 10.5. The first-order chi connectivity index (χ1) is 5.70. The number of imidazole rings is 1. The Morgan fingerprint density at radius 3 is 2.92 bits per heavy atom. The first-order valence-electron chi connectivity index (χ1n) is 3.95. The van der Waals surface area contributed by atoms with E-state index < -0.39 is 0 Å². The van der Waals surface area contributed by atoms with Gasteiger partial charge in [0.25, 0.3) is 0 Å². The molecule has 0 aliphatic rings. The molecule has 0 fully saturated rings. The lowest BCUT2D eigenvalue weighted by molar-refractivity contribution is 0.728. The first-order valence-corrected chi connectivity index (χ1v) is 3.95. The molecule has 0 radical (unpaired) electrons. The summed E-state index contributed by atoms with van der Waals surface area (Å²) < 4.78 is 2.03. The van der Waals surface area contributed by atoms with Crippen LogP contribution in [-0.2, 0) is 6.54 Å². The van der Waals surface area contributed by atoms with Crippen molar-refractivity contribution >= 4 is 5.84 Å². The van der Waals surface area contributed by atoms with Gasteiger partial charge in [-0.05, 0) is 13.8 Å². The van der Waals surface area contributed by atoms with E-state index in [9.17, 15) is 0 Å². The van der Waals surface area contributed by atoms with Crippen LogP contribution >= 0.6 is 0 Å². The Labute approximate surface area is 72.1 Å². The summed E-state index contributed by atoms with van der Waals surface area (Å²) in [5, 5.41) is 0. The largest absolute Gasteiger partial charge is 0.381 e. The summed E-state index contributed by atoms with van der Waals surface area (Å²) in [5.41, 5.74) is 6.76. The Kier molecular flexibility index (Phi) is 2.47. The average molecular weight is 166 g/mol. The number of nitrogens with zero attached hydrogens (tertiary/aromatic N) is 3. The summed E-state index contributed by atoms with van der Waals surface area (Å²) in [6, 6.07) is 0. The third-order valence-electron chi connectivity index (χ3n) is 1.84. The maximum Gasteiger partial charge on any atom is 0.175 e. The molecule has 1 aromatic heterocycles. The van der Waals surface area contributed by atoms with Gasteiger partial charge in [-0.3, -0.25) is 4.99 Å². The Morgan fingerprint density at radius 2 is 2.42 bits per heavy atom. The van der Waals surface area contributed by atoms with Crippen LogP contribution in [-0.4, -0.2) is 22.4 Å². The van der Waals surface area contributed by atoms with Crippen LogP contribution in [0.4, 0.5) is 0 Å². The van der Waals surface area contributed by atoms with Crippen molar-refractivity contribution in [2.45, 2.75) is 20.4 Å². The maximum absolute atomic E-state index is 5.65. The molecule has 2 N–H and O–H groups in total. The molecule has 0 saturated carbocycles. The zero-order valence-electron chi connectivity index (χ0n) is 7.70. The third-order valence-corrected chi connectivity index (χ3v) is 1.84. The van der Waals surface area contributed by atoms with Crippen LogP contribution in [0, 0.1) is 6.92 Å². The molecule has 1 rings (SSSR count). The molecule has 0 unspecified atom stereocenters. The molecule has 0 spiro atoms. The predicted molar refractivity (Wildman–Crippen MR) is 49.3 cm³/mol. The molecule has 0 aliphatic heterocycles. The highest BCUT2D eigenvalue weighted by Gasteiger charge is 2.07.